The fourth-order valence-electron chi connectivity index (χ4n) is 1.90. The van der Waals surface area contributed by atoms with Crippen LogP contribution in [0, 0.1) is 0 Å². The summed E-state index contributed by atoms with van der Waals surface area (Å²) in [6.45, 7) is -0.130. The van der Waals surface area contributed by atoms with Gasteiger partial charge in [-0.15, -0.1) is 22.7 Å². The molecule has 0 spiro atoms. The molecule has 0 aliphatic carbocycles. The predicted octanol–water partition coefficient (Wildman–Crippen LogP) is 3.89. The summed E-state index contributed by atoms with van der Waals surface area (Å²) in [5.74, 6) is -0.662. The van der Waals surface area contributed by atoms with Gasteiger partial charge in [0, 0.05) is 16.0 Å². The van der Waals surface area contributed by atoms with E-state index in [-0.39, 0.29) is 18.4 Å². The first-order valence-corrected chi connectivity index (χ1v) is 9.08. The van der Waals surface area contributed by atoms with E-state index in [0.29, 0.717) is 15.7 Å². The fraction of sp³-hybridized carbons (Fsp3) is 0.0625. The third-order valence-electron chi connectivity index (χ3n) is 3.04. The van der Waals surface area contributed by atoms with Crippen LogP contribution in [0.25, 0.3) is 10.6 Å². The number of hydrogen-bond acceptors (Lipinski definition) is 5. The maximum absolute atomic E-state index is 11.9. The molecule has 2 aromatic heterocycles. The van der Waals surface area contributed by atoms with Gasteiger partial charge in [0.15, 0.2) is 5.13 Å². The van der Waals surface area contributed by atoms with Crippen LogP contribution in [0.2, 0.25) is 5.02 Å². The van der Waals surface area contributed by atoms with Crippen molar-refractivity contribution in [2.75, 3.05) is 11.9 Å². The summed E-state index contributed by atoms with van der Waals surface area (Å²) in [6, 6.07) is 10.4. The van der Waals surface area contributed by atoms with E-state index < -0.39 is 0 Å². The highest BCUT2D eigenvalue weighted by molar-refractivity contribution is 7.16. The molecule has 0 aliphatic heterocycles. The summed E-state index contributed by atoms with van der Waals surface area (Å²) in [5.41, 5.74) is 1.27. The Morgan fingerprint density at radius 2 is 1.92 bits per heavy atom. The number of nitrogens with one attached hydrogen (secondary N) is 2. The molecule has 0 radical (unpaired) electrons. The first-order chi connectivity index (χ1) is 11.6. The molecule has 0 aliphatic rings. The maximum atomic E-state index is 11.9. The van der Waals surface area contributed by atoms with Crippen molar-refractivity contribution in [3.05, 3.63) is 57.7 Å². The minimum Gasteiger partial charge on any atom is -0.343 e. The second-order valence-electron chi connectivity index (χ2n) is 4.75. The molecular formula is C16H12ClN3O2S2. The number of hydrogen-bond donors (Lipinski definition) is 2. The van der Waals surface area contributed by atoms with Gasteiger partial charge in [-0.25, -0.2) is 4.98 Å². The van der Waals surface area contributed by atoms with Crippen molar-refractivity contribution in [1.82, 2.24) is 10.3 Å². The molecule has 0 bridgehead atoms. The van der Waals surface area contributed by atoms with Crippen LogP contribution < -0.4 is 10.6 Å². The number of halogens is 1. The lowest BCUT2D eigenvalue weighted by Crippen LogP contribution is -2.32. The number of aromatic nitrogens is 1. The minimum absolute atomic E-state index is 0.130. The third-order valence-corrected chi connectivity index (χ3v) is 4.94. The molecule has 0 fully saturated rings. The Morgan fingerprint density at radius 3 is 2.62 bits per heavy atom. The van der Waals surface area contributed by atoms with Crippen LogP contribution in [0.15, 0.2) is 47.2 Å². The molecule has 0 saturated heterocycles. The van der Waals surface area contributed by atoms with E-state index in [4.69, 9.17) is 11.6 Å². The number of carbonyl (C=O) groups excluding carboxylic acids is 2. The molecule has 3 rings (SSSR count). The van der Waals surface area contributed by atoms with Crippen LogP contribution in [-0.4, -0.2) is 23.3 Å². The van der Waals surface area contributed by atoms with Crippen LogP contribution in [0.1, 0.15) is 10.4 Å². The van der Waals surface area contributed by atoms with E-state index >= 15 is 0 Å². The highest BCUT2D eigenvalue weighted by atomic mass is 35.5. The molecule has 0 saturated carbocycles. The van der Waals surface area contributed by atoms with E-state index in [9.17, 15) is 9.59 Å². The molecule has 1 aromatic carbocycles. The van der Waals surface area contributed by atoms with Gasteiger partial charge in [-0.05, 0) is 35.7 Å². The maximum Gasteiger partial charge on any atom is 0.251 e. The number of carbonyl (C=O) groups is 2. The summed E-state index contributed by atoms with van der Waals surface area (Å²) in [4.78, 5) is 29.2. The van der Waals surface area contributed by atoms with Crippen LogP contribution in [0.5, 0.6) is 0 Å². The standard InChI is InChI=1S/C16H12ClN3O2S2/c17-11-5-3-10(4-6-11)15(22)18-8-14(21)20-16-19-12(9-24-16)13-2-1-7-23-13/h1-7,9H,8H2,(H,18,22)(H,19,20,21). The van der Waals surface area contributed by atoms with Crippen molar-refractivity contribution >= 4 is 51.2 Å². The zero-order valence-electron chi connectivity index (χ0n) is 12.3. The molecule has 0 unspecified atom stereocenters. The molecule has 24 heavy (non-hydrogen) atoms. The van der Waals surface area contributed by atoms with Crippen molar-refractivity contribution in [2.45, 2.75) is 0 Å². The summed E-state index contributed by atoms with van der Waals surface area (Å²) in [5, 5.41) is 10.1. The average molecular weight is 378 g/mol. The Balaban J connectivity index is 1.52. The number of thiophene rings is 1. The highest BCUT2D eigenvalue weighted by Gasteiger charge is 2.11. The SMILES string of the molecule is O=C(CNC(=O)c1ccc(Cl)cc1)Nc1nc(-c2cccs2)cs1. The largest absolute Gasteiger partial charge is 0.343 e. The Kier molecular flexibility index (Phi) is 5.24. The lowest BCUT2D eigenvalue weighted by molar-refractivity contribution is -0.115. The van der Waals surface area contributed by atoms with Crippen molar-refractivity contribution in [2.24, 2.45) is 0 Å². The molecule has 3 aromatic rings. The second kappa shape index (κ2) is 7.57. The van der Waals surface area contributed by atoms with Crippen LogP contribution in [0.4, 0.5) is 5.13 Å². The lowest BCUT2D eigenvalue weighted by Gasteiger charge is -2.05. The first-order valence-electron chi connectivity index (χ1n) is 6.95. The summed E-state index contributed by atoms with van der Waals surface area (Å²) < 4.78 is 0. The number of benzene rings is 1. The van der Waals surface area contributed by atoms with E-state index in [1.54, 1.807) is 35.6 Å². The molecule has 2 heterocycles. The van der Waals surface area contributed by atoms with Gasteiger partial charge in [-0.1, -0.05) is 17.7 Å². The van der Waals surface area contributed by atoms with Crippen LogP contribution >= 0.6 is 34.3 Å². The van der Waals surface area contributed by atoms with Gasteiger partial charge in [-0.2, -0.15) is 0 Å². The van der Waals surface area contributed by atoms with Gasteiger partial charge in [0.25, 0.3) is 5.91 Å². The normalized spacial score (nSPS) is 10.4. The second-order valence-corrected chi connectivity index (χ2v) is 7.00. The van der Waals surface area contributed by atoms with Gasteiger partial charge in [0.05, 0.1) is 17.1 Å². The number of anilines is 1. The molecule has 5 nitrogen and oxygen atoms in total. The van der Waals surface area contributed by atoms with E-state index in [0.717, 1.165) is 10.6 Å². The van der Waals surface area contributed by atoms with E-state index in [1.807, 2.05) is 22.9 Å². The lowest BCUT2D eigenvalue weighted by atomic mass is 10.2. The zero-order valence-corrected chi connectivity index (χ0v) is 14.7. The van der Waals surface area contributed by atoms with Crippen molar-refractivity contribution in [3.63, 3.8) is 0 Å². The van der Waals surface area contributed by atoms with Gasteiger partial charge in [0.1, 0.15) is 0 Å². The van der Waals surface area contributed by atoms with Gasteiger partial charge in [-0.3, -0.25) is 9.59 Å². The quantitative estimate of drug-likeness (QED) is 0.708. The van der Waals surface area contributed by atoms with E-state index in [2.05, 4.69) is 15.6 Å². The predicted molar refractivity (Wildman–Crippen MR) is 97.8 cm³/mol. The fourth-order valence-corrected chi connectivity index (χ4v) is 3.51. The molecule has 2 amide bonds. The molecular weight excluding hydrogens is 366 g/mol. The molecule has 122 valence electrons. The Bertz CT molecular complexity index is 845. The number of amides is 2. The molecule has 2 N–H and O–H groups in total. The number of rotatable bonds is 5. The smallest absolute Gasteiger partial charge is 0.251 e. The molecule has 0 atom stereocenters. The molecule has 8 heteroatoms. The highest BCUT2D eigenvalue weighted by Crippen LogP contribution is 2.28. The monoisotopic (exact) mass is 377 g/mol. The minimum atomic E-state index is -0.333. The van der Waals surface area contributed by atoms with Gasteiger partial charge >= 0.3 is 0 Å². The number of nitrogens with zero attached hydrogens (tertiary/aromatic N) is 1. The zero-order chi connectivity index (χ0) is 16.9. The Hall–Kier alpha value is -2.22. The van der Waals surface area contributed by atoms with Crippen LogP contribution in [-0.2, 0) is 4.79 Å². The van der Waals surface area contributed by atoms with Gasteiger partial charge in [0.2, 0.25) is 5.91 Å². The number of thiazole rings is 1. The summed E-state index contributed by atoms with van der Waals surface area (Å²) in [7, 11) is 0. The summed E-state index contributed by atoms with van der Waals surface area (Å²) >= 11 is 8.70. The third kappa shape index (κ3) is 4.19. The van der Waals surface area contributed by atoms with Gasteiger partial charge < -0.3 is 10.6 Å². The van der Waals surface area contributed by atoms with Crippen molar-refractivity contribution in [1.29, 1.82) is 0 Å². The van der Waals surface area contributed by atoms with Crippen molar-refractivity contribution in [3.8, 4) is 10.6 Å². The van der Waals surface area contributed by atoms with E-state index in [1.165, 1.54) is 11.3 Å². The Labute approximate surface area is 151 Å². The Morgan fingerprint density at radius 1 is 1.12 bits per heavy atom. The van der Waals surface area contributed by atoms with Crippen molar-refractivity contribution < 1.29 is 9.59 Å². The van der Waals surface area contributed by atoms with Crippen LogP contribution in [0.3, 0.4) is 0 Å². The summed E-state index contributed by atoms with van der Waals surface area (Å²) in [6.07, 6.45) is 0. The topological polar surface area (TPSA) is 71.1 Å². The first kappa shape index (κ1) is 16.6. The average Bonchev–Trinajstić information content (AvgIpc) is 3.24.